The van der Waals surface area contributed by atoms with Crippen molar-refractivity contribution in [2.45, 2.75) is 40.5 Å². The van der Waals surface area contributed by atoms with E-state index in [0.29, 0.717) is 11.6 Å². The first-order valence-electron chi connectivity index (χ1n) is 12.5. The smallest absolute Gasteiger partial charge is 0.216 e. The van der Waals surface area contributed by atoms with E-state index >= 15 is 0 Å². The molecule has 2 aromatic carbocycles. The van der Waals surface area contributed by atoms with Gasteiger partial charge in [0.2, 0.25) is 5.71 Å². The molecule has 0 saturated heterocycles. The topological polar surface area (TPSA) is 51.8 Å². The minimum atomic E-state index is 0. The molecule has 0 spiro atoms. The summed E-state index contributed by atoms with van der Waals surface area (Å²) in [5.41, 5.74) is 9.88. The van der Waals surface area contributed by atoms with Gasteiger partial charge in [-0.1, -0.05) is 55.5 Å². The molecule has 0 N–H and O–H groups in total. The number of benzene rings is 2. The second kappa shape index (κ2) is 11.8. The van der Waals surface area contributed by atoms with Crippen LogP contribution in [0.2, 0.25) is 0 Å². The second-order valence-electron chi connectivity index (χ2n) is 9.63. The predicted molar refractivity (Wildman–Crippen MR) is 150 cm³/mol. The van der Waals surface area contributed by atoms with Crippen molar-refractivity contribution in [3.63, 3.8) is 0 Å². The van der Waals surface area contributed by atoms with Crippen molar-refractivity contribution in [2.24, 2.45) is 0 Å². The van der Waals surface area contributed by atoms with Gasteiger partial charge in [-0.3, -0.25) is 0 Å². The molecule has 0 unspecified atom stereocenters. The molecule has 6 rings (SSSR count). The Morgan fingerprint density at radius 1 is 0.789 bits per heavy atom. The van der Waals surface area contributed by atoms with E-state index in [1.807, 2.05) is 62.6 Å². The summed E-state index contributed by atoms with van der Waals surface area (Å²) in [6.07, 6.45) is 3.73. The van der Waals surface area contributed by atoms with E-state index in [1.54, 1.807) is 0 Å². The minimum absolute atomic E-state index is 0. The molecule has 0 aliphatic rings. The van der Waals surface area contributed by atoms with E-state index in [1.165, 1.54) is 16.7 Å². The molecule has 0 amide bonds. The Labute approximate surface area is 237 Å². The second-order valence-corrected chi connectivity index (χ2v) is 9.63. The zero-order valence-electron chi connectivity index (χ0n) is 22.2. The van der Waals surface area contributed by atoms with Crippen LogP contribution in [0.3, 0.4) is 0 Å². The van der Waals surface area contributed by atoms with Crippen LogP contribution >= 0.6 is 0 Å². The van der Waals surface area contributed by atoms with Crippen LogP contribution in [-0.4, -0.2) is 15.0 Å². The third kappa shape index (κ3) is 5.91. The zero-order valence-corrected chi connectivity index (χ0v) is 24.6. The Kier molecular flexibility index (Phi) is 8.51. The predicted octanol–water partition coefficient (Wildman–Crippen LogP) is 8.44. The molecule has 4 nitrogen and oxygen atoms in total. The van der Waals surface area contributed by atoms with Gasteiger partial charge in [0.05, 0.1) is 5.58 Å². The van der Waals surface area contributed by atoms with Crippen LogP contribution in [-0.2, 0) is 20.1 Å². The largest absolute Gasteiger partial charge is 0.486 e. The Hall–Kier alpha value is -3.66. The maximum absolute atomic E-state index is 6.04. The van der Waals surface area contributed by atoms with Crippen LogP contribution in [0, 0.1) is 32.9 Å². The summed E-state index contributed by atoms with van der Waals surface area (Å²) in [6.45, 7) is 10.4. The van der Waals surface area contributed by atoms with Gasteiger partial charge in [-0.2, -0.15) is 0 Å². The van der Waals surface area contributed by atoms with E-state index in [4.69, 9.17) is 4.42 Å². The summed E-state index contributed by atoms with van der Waals surface area (Å²) >= 11 is 0. The summed E-state index contributed by atoms with van der Waals surface area (Å²) in [5, 5.41) is 2.08. The number of furan rings is 1. The van der Waals surface area contributed by atoms with Gasteiger partial charge in [0, 0.05) is 43.6 Å². The summed E-state index contributed by atoms with van der Waals surface area (Å²) in [7, 11) is 0. The van der Waals surface area contributed by atoms with Gasteiger partial charge >= 0.3 is 0 Å². The van der Waals surface area contributed by atoms with E-state index in [2.05, 4.69) is 78.2 Å². The monoisotopic (exact) mass is 676 g/mol. The first-order valence-corrected chi connectivity index (χ1v) is 12.5. The molecule has 5 heteroatoms. The standard InChI is InChI=1S/C20H17N2O.C13H12N.Ir/c1-12(2)14-9-10-21-18(11-14)17-6-4-5-15-16-8-7-13(3)22-20(16)23-19(15)17;1-10-3-6-12(7-4-10)13-8-5-11(2)9-14-13;/h4-5,7-12H,1-3H3;3-6,8-9H,1-2H3;/q2*-1;. The molecule has 0 fully saturated rings. The van der Waals surface area contributed by atoms with Crippen molar-refractivity contribution < 1.29 is 24.5 Å². The SMILES string of the molecule is Cc1c[c-]c(-c2ccc(C)cn2)cc1.Cc1ccc2c(n1)oc1c(-c3cc(C(C)C)ccn3)[c-]ccc12.[Ir]. The molecular weight excluding hydrogens is 647 g/mol. The Bertz CT molecular complexity index is 1630. The van der Waals surface area contributed by atoms with E-state index in [0.717, 1.165) is 44.6 Å². The number of hydrogen-bond acceptors (Lipinski definition) is 4. The number of aryl methyl sites for hydroxylation is 3. The molecular formula is C33H29IrN3O-2. The number of pyridine rings is 3. The van der Waals surface area contributed by atoms with E-state index in [-0.39, 0.29) is 20.1 Å². The Balaban J connectivity index is 0.000000193. The first-order chi connectivity index (χ1) is 17.9. The molecule has 6 aromatic rings. The molecule has 193 valence electrons. The van der Waals surface area contributed by atoms with Gasteiger partial charge in [-0.15, -0.1) is 53.6 Å². The zero-order chi connectivity index (χ0) is 25.9. The molecule has 0 atom stereocenters. The maximum Gasteiger partial charge on any atom is 0.216 e. The van der Waals surface area contributed by atoms with Gasteiger partial charge in [0.1, 0.15) is 0 Å². The van der Waals surface area contributed by atoms with Crippen molar-refractivity contribution in [3.8, 4) is 22.5 Å². The van der Waals surface area contributed by atoms with Crippen molar-refractivity contribution in [1.29, 1.82) is 0 Å². The summed E-state index contributed by atoms with van der Waals surface area (Å²) in [6, 6.07) is 28.9. The molecule has 0 bridgehead atoms. The van der Waals surface area contributed by atoms with Crippen LogP contribution < -0.4 is 0 Å². The van der Waals surface area contributed by atoms with Gasteiger partial charge in [0.15, 0.2) is 0 Å². The molecule has 0 saturated carbocycles. The Morgan fingerprint density at radius 2 is 1.61 bits per heavy atom. The van der Waals surface area contributed by atoms with Crippen LogP contribution in [0.1, 0.15) is 42.1 Å². The molecule has 1 radical (unpaired) electrons. The molecule has 4 aromatic heterocycles. The normalized spacial score (nSPS) is 10.8. The minimum Gasteiger partial charge on any atom is -0.486 e. The maximum atomic E-state index is 6.04. The number of fused-ring (bicyclic) bond motifs is 3. The van der Waals surface area contributed by atoms with Crippen molar-refractivity contribution in [1.82, 2.24) is 15.0 Å². The summed E-state index contributed by atoms with van der Waals surface area (Å²) in [5.74, 6) is 0.455. The van der Waals surface area contributed by atoms with Gasteiger partial charge in [0.25, 0.3) is 0 Å². The molecule has 0 aliphatic heterocycles. The fourth-order valence-electron chi connectivity index (χ4n) is 4.14. The number of nitrogens with zero attached hydrogens (tertiary/aromatic N) is 3. The van der Waals surface area contributed by atoms with Crippen LogP contribution in [0.25, 0.3) is 44.6 Å². The third-order valence-corrected chi connectivity index (χ3v) is 6.30. The first kappa shape index (κ1) is 27.4. The van der Waals surface area contributed by atoms with E-state index in [9.17, 15) is 0 Å². The van der Waals surface area contributed by atoms with E-state index < -0.39 is 0 Å². The Morgan fingerprint density at radius 3 is 2.32 bits per heavy atom. The number of rotatable bonds is 3. The van der Waals surface area contributed by atoms with Crippen LogP contribution in [0.5, 0.6) is 0 Å². The van der Waals surface area contributed by atoms with Gasteiger partial charge < -0.3 is 14.4 Å². The van der Waals surface area contributed by atoms with Gasteiger partial charge in [-0.05, 0) is 54.9 Å². The van der Waals surface area contributed by atoms with Crippen LogP contribution in [0.4, 0.5) is 0 Å². The van der Waals surface area contributed by atoms with Gasteiger partial charge in [-0.25, -0.2) is 4.98 Å². The molecule has 4 heterocycles. The fraction of sp³-hybridized carbons (Fsp3) is 0.182. The summed E-state index contributed by atoms with van der Waals surface area (Å²) in [4.78, 5) is 13.4. The van der Waals surface area contributed by atoms with Crippen molar-refractivity contribution in [2.75, 3.05) is 0 Å². The number of aromatic nitrogens is 3. The average Bonchev–Trinajstić information content (AvgIpc) is 3.28. The average molecular weight is 676 g/mol. The van der Waals surface area contributed by atoms with Crippen molar-refractivity contribution >= 4 is 22.1 Å². The quantitative estimate of drug-likeness (QED) is 0.177. The van der Waals surface area contributed by atoms with Crippen molar-refractivity contribution in [3.05, 3.63) is 114 Å². The number of hydrogen-bond donors (Lipinski definition) is 0. The molecule has 0 aliphatic carbocycles. The fourth-order valence-corrected chi connectivity index (χ4v) is 4.14. The summed E-state index contributed by atoms with van der Waals surface area (Å²) < 4.78 is 6.04. The third-order valence-electron chi connectivity index (χ3n) is 6.30. The van der Waals surface area contributed by atoms with Crippen LogP contribution in [0.15, 0.2) is 83.5 Å². The molecule has 38 heavy (non-hydrogen) atoms.